The highest BCUT2D eigenvalue weighted by Crippen LogP contribution is 2.43. The van der Waals surface area contributed by atoms with E-state index in [9.17, 15) is 4.79 Å². The molecule has 0 aliphatic carbocycles. The summed E-state index contributed by atoms with van der Waals surface area (Å²) in [6, 6.07) is 18.8. The summed E-state index contributed by atoms with van der Waals surface area (Å²) in [7, 11) is 1.51. The topological polar surface area (TPSA) is 52.3 Å². The van der Waals surface area contributed by atoms with Gasteiger partial charge in [0.15, 0.2) is 5.78 Å². The third kappa shape index (κ3) is 3.70. The lowest BCUT2D eigenvalue weighted by Gasteiger charge is -2.16. The van der Waals surface area contributed by atoms with Crippen LogP contribution >= 0.6 is 31.9 Å². The van der Waals surface area contributed by atoms with Crippen LogP contribution in [0.1, 0.15) is 20.7 Å². The van der Waals surface area contributed by atoms with Crippen molar-refractivity contribution in [1.82, 2.24) is 5.16 Å². The second-order valence-corrected chi connectivity index (χ2v) is 7.31. The molecule has 128 valence electrons. The van der Waals surface area contributed by atoms with E-state index in [1.807, 2.05) is 48.5 Å². The molecule has 0 saturated carbocycles. The number of aromatic nitrogens is 1. The van der Waals surface area contributed by atoms with E-state index in [0.29, 0.717) is 16.8 Å². The second kappa shape index (κ2) is 7.97. The van der Waals surface area contributed by atoms with Gasteiger partial charge in [-0.3, -0.25) is 4.79 Å². The molecule has 0 radical (unpaired) electrons. The minimum Gasteiger partial charge on any atom is -0.467 e. The number of halogens is 2. The van der Waals surface area contributed by atoms with Gasteiger partial charge in [0.25, 0.3) is 0 Å². The van der Waals surface area contributed by atoms with Crippen LogP contribution in [0.5, 0.6) is 5.95 Å². The second-order valence-electron chi connectivity index (χ2n) is 5.34. The van der Waals surface area contributed by atoms with Gasteiger partial charge >= 0.3 is 5.95 Å². The van der Waals surface area contributed by atoms with Gasteiger partial charge in [0.1, 0.15) is 5.69 Å². The molecule has 0 spiro atoms. The van der Waals surface area contributed by atoms with Gasteiger partial charge in [0, 0.05) is 11.1 Å². The summed E-state index contributed by atoms with van der Waals surface area (Å²) in [5.41, 5.74) is 2.86. The van der Waals surface area contributed by atoms with Crippen LogP contribution in [0.15, 0.2) is 65.2 Å². The van der Waals surface area contributed by atoms with Gasteiger partial charge in [-0.15, -0.1) is 0 Å². The van der Waals surface area contributed by atoms with E-state index in [2.05, 4.69) is 37.0 Å². The maximum Gasteiger partial charge on any atom is 0.315 e. The Morgan fingerprint density at radius 3 is 2.24 bits per heavy atom. The Morgan fingerprint density at radius 2 is 1.64 bits per heavy atom. The van der Waals surface area contributed by atoms with Crippen molar-refractivity contribution in [2.45, 2.75) is 9.65 Å². The van der Waals surface area contributed by atoms with E-state index in [4.69, 9.17) is 9.26 Å². The van der Waals surface area contributed by atoms with Crippen molar-refractivity contribution in [2.75, 3.05) is 7.11 Å². The van der Waals surface area contributed by atoms with Crippen LogP contribution in [0.3, 0.4) is 0 Å². The number of ketones is 1. The van der Waals surface area contributed by atoms with E-state index < -0.39 is 4.83 Å². The normalized spacial score (nSPS) is 13.2. The lowest BCUT2D eigenvalue weighted by atomic mass is 10.00. The molecule has 4 nitrogen and oxygen atoms in total. The summed E-state index contributed by atoms with van der Waals surface area (Å²) in [4.78, 5) is 11.9. The van der Waals surface area contributed by atoms with Crippen molar-refractivity contribution < 1.29 is 14.1 Å². The van der Waals surface area contributed by atoms with E-state index in [-0.39, 0.29) is 16.6 Å². The average molecular weight is 465 g/mol. The molecular weight excluding hydrogens is 450 g/mol. The standard InChI is InChI=1S/C19H15Br2NO3/c1-24-19-14(17(22-25-19)12-8-4-2-5-9-12)15(20)16(21)18(23)13-10-6-3-7-11-13/h2-11,15-16H,1H3. The molecule has 1 aromatic heterocycles. The zero-order valence-corrected chi connectivity index (χ0v) is 16.5. The number of rotatable bonds is 6. The third-order valence-corrected chi connectivity index (χ3v) is 6.41. The first-order valence-electron chi connectivity index (χ1n) is 7.60. The number of Topliss-reactive ketones (excluding diaryl/α,β-unsaturated/α-hetero) is 1. The maximum absolute atomic E-state index is 12.8. The Labute approximate surface area is 162 Å². The molecule has 0 aliphatic heterocycles. The molecule has 6 heteroatoms. The molecule has 1 heterocycles. The molecule has 0 fully saturated rings. The lowest BCUT2D eigenvalue weighted by Crippen LogP contribution is -2.19. The molecule has 0 aliphatic rings. The summed E-state index contributed by atoms with van der Waals surface area (Å²) in [5, 5.41) is 4.13. The fraction of sp³-hybridized carbons (Fsp3) is 0.158. The van der Waals surface area contributed by atoms with Gasteiger partial charge < -0.3 is 9.26 Å². The molecule has 25 heavy (non-hydrogen) atoms. The fourth-order valence-corrected chi connectivity index (χ4v) is 3.69. The first-order valence-corrected chi connectivity index (χ1v) is 9.43. The summed E-state index contributed by atoms with van der Waals surface area (Å²) in [5.74, 6) is 0.246. The SMILES string of the molecule is COc1onc(-c2ccccc2)c1C(Br)C(Br)C(=O)c1ccccc1. The van der Waals surface area contributed by atoms with Crippen molar-refractivity contribution in [2.24, 2.45) is 0 Å². The molecule has 2 atom stereocenters. The Bertz CT molecular complexity index is 850. The van der Waals surface area contributed by atoms with Gasteiger partial charge in [-0.25, -0.2) is 0 Å². The zero-order chi connectivity index (χ0) is 17.8. The van der Waals surface area contributed by atoms with Crippen molar-refractivity contribution in [3.63, 3.8) is 0 Å². The maximum atomic E-state index is 12.8. The van der Waals surface area contributed by atoms with Crippen LogP contribution in [-0.2, 0) is 0 Å². The highest BCUT2D eigenvalue weighted by molar-refractivity contribution is 9.12. The fourth-order valence-electron chi connectivity index (χ4n) is 2.52. The van der Waals surface area contributed by atoms with Gasteiger partial charge in [-0.2, -0.15) is 0 Å². The van der Waals surface area contributed by atoms with Crippen LogP contribution in [0.25, 0.3) is 11.3 Å². The Kier molecular flexibility index (Phi) is 5.71. The summed E-state index contributed by atoms with van der Waals surface area (Å²) >= 11 is 7.14. The van der Waals surface area contributed by atoms with E-state index in [1.54, 1.807) is 12.1 Å². The molecule has 2 unspecified atom stereocenters. The van der Waals surface area contributed by atoms with Crippen LogP contribution in [0, 0.1) is 0 Å². The largest absolute Gasteiger partial charge is 0.467 e. The predicted molar refractivity (Wildman–Crippen MR) is 104 cm³/mol. The van der Waals surface area contributed by atoms with Crippen molar-refractivity contribution in [3.05, 3.63) is 71.8 Å². The summed E-state index contributed by atoms with van der Waals surface area (Å²) in [6.45, 7) is 0. The number of hydrogen-bond donors (Lipinski definition) is 0. The molecule has 3 rings (SSSR count). The van der Waals surface area contributed by atoms with Crippen molar-refractivity contribution in [3.8, 4) is 17.2 Å². The zero-order valence-electron chi connectivity index (χ0n) is 13.4. The number of hydrogen-bond acceptors (Lipinski definition) is 4. The highest BCUT2D eigenvalue weighted by atomic mass is 79.9. The number of carbonyl (C=O) groups excluding carboxylic acids is 1. The molecule has 3 aromatic rings. The smallest absolute Gasteiger partial charge is 0.315 e. The highest BCUT2D eigenvalue weighted by Gasteiger charge is 2.33. The molecular formula is C19H15Br2NO3. The molecule has 0 amide bonds. The monoisotopic (exact) mass is 463 g/mol. The Hall–Kier alpha value is -1.92. The van der Waals surface area contributed by atoms with Crippen molar-refractivity contribution in [1.29, 1.82) is 0 Å². The quantitative estimate of drug-likeness (QED) is 0.360. The molecule has 0 saturated heterocycles. The number of alkyl halides is 2. The predicted octanol–water partition coefficient (Wildman–Crippen LogP) is 5.43. The van der Waals surface area contributed by atoms with Gasteiger partial charge in [-0.05, 0) is 0 Å². The third-order valence-electron chi connectivity index (χ3n) is 3.77. The summed E-state index contributed by atoms with van der Waals surface area (Å²) < 4.78 is 10.6. The number of nitrogens with zero attached hydrogens (tertiary/aromatic N) is 1. The first-order chi connectivity index (χ1) is 12.1. The van der Waals surface area contributed by atoms with Crippen molar-refractivity contribution >= 4 is 37.6 Å². The lowest BCUT2D eigenvalue weighted by molar-refractivity contribution is 0.0990. The molecule has 0 bridgehead atoms. The van der Waals surface area contributed by atoms with E-state index >= 15 is 0 Å². The van der Waals surface area contributed by atoms with E-state index in [0.717, 1.165) is 5.56 Å². The molecule has 2 aromatic carbocycles. The van der Waals surface area contributed by atoms with Crippen LogP contribution < -0.4 is 4.74 Å². The van der Waals surface area contributed by atoms with Crippen LogP contribution in [0.4, 0.5) is 0 Å². The van der Waals surface area contributed by atoms with Gasteiger partial charge in [0.05, 0.1) is 22.3 Å². The summed E-state index contributed by atoms with van der Waals surface area (Å²) in [6.07, 6.45) is 0. The van der Waals surface area contributed by atoms with Crippen LogP contribution in [0.2, 0.25) is 0 Å². The molecule has 0 N–H and O–H groups in total. The Morgan fingerprint density at radius 1 is 1.04 bits per heavy atom. The van der Waals surface area contributed by atoms with E-state index in [1.165, 1.54) is 7.11 Å². The average Bonchev–Trinajstić information content (AvgIpc) is 3.11. The number of carbonyl (C=O) groups is 1. The van der Waals surface area contributed by atoms with Crippen LogP contribution in [-0.4, -0.2) is 22.9 Å². The minimum atomic E-state index is -0.509. The Balaban J connectivity index is 1.98. The number of benzene rings is 2. The van der Waals surface area contributed by atoms with Gasteiger partial charge in [-0.1, -0.05) is 97.7 Å². The minimum absolute atomic E-state index is 0.0373. The number of ether oxygens (including phenoxy) is 1. The first kappa shape index (κ1) is 17.9. The number of methoxy groups -OCH3 is 1. The van der Waals surface area contributed by atoms with Gasteiger partial charge in [0.2, 0.25) is 0 Å².